The Bertz CT molecular complexity index is 1090. The number of likely N-dealkylation sites (tertiary alicyclic amines) is 2. The minimum Gasteiger partial charge on any atom is -0.406 e. The molecule has 2 fully saturated rings. The van der Waals surface area contributed by atoms with E-state index in [9.17, 15) is 17.6 Å². The summed E-state index contributed by atoms with van der Waals surface area (Å²) >= 11 is 1.01. The van der Waals surface area contributed by atoms with Crippen LogP contribution < -0.4 is 9.88 Å². The second kappa shape index (κ2) is 9.76. The lowest BCUT2D eigenvalue weighted by Gasteiger charge is -2.26. The number of hydrogen-bond donors (Lipinski definition) is 1. The van der Waals surface area contributed by atoms with Gasteiger partial charge in [0.15, 0.2) is 0 Å². The van der Waals surface area contributed by atoms with Crippen molar-refractivity contribution in [1.82, 2.24) is 9.80 Å². The molecule has 0 amide bonds. The van der Waals surface area contributed by atoms with E-state index in [1.807, 2.05) is 12.2 Å². The maximum atomic E-state index is 14.5. The molecule has 0 bridgehead atoms. The van der Waals surface area contributed by atoms with Crippen LogP contribution in [-0.2, 0) is 0 Å². The summed E-state index contributed by atoms with van der Waals surface area (Å²) in [5.74, 6) is 0.261. The van der Waals surface area contributed by atoms with Crippen molar-refractivity contribution >= 4 is 23.7 Å². The smallest absolute Gasteiger partial charge is 0.406 e. The first-order valence-corrected chi connectivity index (χ1v) is 11.6. The number of nitrogens with two attached hydrogens (primary N) is 1. The van der Waals surface area contributed by atoms with Crippen LogP contribution in [0, 0.1) is 17.7 Å². The molecule has 2 unspecified atom stereocenters. The van der Waals surface area contributed by atoms with Crippen LogP contribution in [0.15, 0.2) is 72.3 Å². The molecule has 2 aromatic carbocycles. The Hall–Kier alpha value is -2.91. The van der Waals surface area contributed by atoms with Gasteiger partial charge >= 0.3 is 6.36 Å². The molecule has 0 spiro atoms. The van der Waals surface area contributed by atoms with E-state index in [0.717, 1.165) is 49.4 Å². The maximum absolute atomic E-state index is 14.5. The molecule has 2 aromatic rings. The highest BCUT2D eigenvalue weighted by Gasteiger charge is 2.40. The first-order chi connectivity index (χ1) is 16.1. The van der Waals surface area contributed by atoms with Crippen molar-refractivity contribution in [1.29, 1.82) is 0 Å². The summed E-state index contributed by atoms with van der Waals surface area (Å²) in [6, 6.07) is 10.6. The van der Waals surface area contributed by atoms with E-state index in [0.29, 0.717) is 28.0 Å². The highest BCUT2D eigenvalue weighted by Crippen LogP contribution is 2.37. The fourth-order valence-corrected chi connectivity index (χ4v) is 4.82. The summed E-state index contributed by atoms with van der Waals surface area (Å²) in [5, 5.41) is 5.51. The number of nitrogens with zero attached hydrogens (tertiary/aromatic N) is 2. The summed E-state index contributed by atoms with van der Waals surface area (Å²) in [6.45, 7) is 11.5. The first kappa shape index (κ1) is 24.2. The van der Waals surface area contributed by atoms with Crippen molar-refractivity contribution in [3.05, 3.63) is 84.3 Å². The summed E-state index contributed by atoms with van der Waals surface area (Å²) in [7, 11) is 0. The number of allylic oxidation sites excluding steroid dienone is 1. The highest BCUT2D eigenvalue weighted by molar-refractivity contribution is 7.97. The average Bonchev–Trinajstić information content (AvgIpc) is 3.36. The Balaban J connectivity index is 1.31. The molecule has 2 aliphatic rings. The molecule has 0 aliphatic carbocycles. The van der Waals surface area contributed by atoms with E-state index in [1.165, 1.54) is 18.2 Å². The number of rotatable bonds is 7. The van der Waals surface area contributed by atoms with Gasteiger partial charge in [-0.3, -0.25) is 5.14 Å². The average molecular weight is 492 g/mol. The number of hydrogen-bond acceptors (Lipinski definition) is 5. The molecule has 34 heavy (non-hydrogen) atoms. The SMILES string of the molecule is C=C(/C=C/c1ccc(OC(F)(F)F)cc1)N1CC2CN(C(=C)c3ccc(SN)cc3F)CC2C1. The Morgan fingerprint density at radius 3 is 2.18 bits per heavy atom. The molecule has 2 saturated heterocycles. The molecular formula is C25H25F4N3OS. The standard InChI is InChI=1S/C25H25F4N3OS/c1-16(3-4-18-5-7-21(8-6-18)33-25(27,28)29)31-12-19-14-32(15-20(19)13-31)17(2)23-10-9-22(34-30)11-24(23)26/h3-11,19-20H,1-2,12-15,30H2/b4-3+. The van der Waals surface area contributed by atoms with Gasteiger partial charge in [0.1, 0.15) is 11.6 Å². The topological polar surface area (TPSA) is 41.7 Å². The molecule has 2 aliphatic heterocycles. The minimum atomic E-state index is -4.70. The Kier molecular flexibility index (Phi) is 6.95. The van der Waals surface area contributed by atoms with Gasteiger partial charge < -0.3 is 14.5 Å². The fraction of sp³-hybridized carbons (Fsp3) is 0.280. The number of fused-ring (bicyclic) bond motifs is 1. The van der Waals surface area contributed by atoms with Gasteiger partial charge in [0.05, 0.1) is 0 Å². The number of halogens is 4. The van der Waals surface area contributed by atoms with Crippen molar-refractivity contribution in [2.75, 3.05) is 26.2 Å². The molecule has 2 N–H and O–H groups in total. The molecule has 0 saturated carbocycles. The molecule has 9 heteroatoms. The van der Waals surface area contributed by atoms with Crippen LogP contribution in [0.3, 0.4) is 0 Å². The van der Waals surface area contributed by atoms with E-state index < -0.39 is 6.36 Å². The van der Waals surface area contributed by atoms with Gasteiger partial charge in [-0.1, -0.05) is 31.4 Å². The largest absolute Gasteiger partial charge is 0.573 e. The quantitative estimate of drug-likeness (QED) is 0.303. The zero-order chi connectivity index (χ0) is 24.5. The summed E-state index contributed by atoms with van der Waals surface area (Å²) in [5.41, 5.74) is 2.77. The zero-order valence-corrected chi connectivity index (χ0v) is 19.2. The normalized spacial score (nSPS) is 20.1. The van der Waals surface area contributed by atoms with Crippen LogP contribution in [-0.4, -0.2) is 42.3 Å². The van der Waals surface area contributed by atoms with Crippen molar-refractivity contribution in [2.24, 2.45) is 17.0 Å². The number of ether oxygens (including phenoxy) is 1. The highest BCUT2D eigenvalue weighted by atomic mass is 32.2. The van der Waals surface area contributed by atoms with E-state index >= 15 is 0 Å². The van der Waals surface area contributed by atoms with Crippen LogP contribution in [0.2, 0.25) is 0 Å². The van der Waals surface area contributed by atoms with E-state index in [-0.39, 0.29) is 11.6 Å². The van der Waals surface area contributed by atoms with Gasteiger partial charge in [-0.25, -0.2) is 4.39 Å². The van der Waals surface area contributed by atoms with Gasteiger partial charge in [-0.15, -0.1) is 13.2 Å². The minimum absolute atomic E-state index is 0.254. The summed E-state index contributed by atoms with van der Waals surface area (Å²) in [6.07, 6.45) is -1.03. The van der Waals surface area contributed by atoms with Crippen LogP contribution in [0.4, 0.5) is 17.6 Å². The van der Waals surface area contributed by atoms with Crippen LogP contribution in [0.25, 0.3) is 11.8 Å². The summed E-state index contributed by atoms with van der Waals surface area (Å²) < 4.78 is 55.2. The zero-order valence-electron chi connectivity index (χ0n) is 18.4. The second-order valence-corrected chi connectivity index (χ2v) is 9.18. The van der Waals surface area contributed by atoms with Crippen LogP contribution in [0.5, 0.6) is 5.75 Å². The molecule has 2 atom stereocenters. The van der Waals surface area contributed by atoms with Crippen molar-refractivity contribution in [2.45, 2.75) is 11.3 Å². The van der Waals surface area contributed by atoms with Gasteiger partial charge in [-0.05, 0) is 53.9 Å². The lowest BCUT2D eigenvalue weighted by atomic mass is 10.0. The number of benzene rings is 2. The number of alkyl halides is 3. The third-order valence-corrected chi connectivity index (χ3v) is 6.77. The monoisotopic (exact) mass is 491 g/mol. The van der Waals surface area contributed by atoms with Gasteiger partial charge in [-0.2, -0.15) is 0 Å². The van der Waals surface area contributed by atoms with Crippen molar-refractivity contribution < 1.29 is 22.3 Å². The maximum Gasteiger partial charge on any atom is 0.573 e. The van der Waals surface area contributed by atoms with E-state index in [2.05, 4.69) is 27.7 Å². The lowest BCUT2D eigenvalue weighted by Crippen LogP contribution is -2.27. The molecule has 0 radical (unpaired) electrons. The molecule has 4 nitrogen and oxygen atoms in total. The first-order valence-electron chi connectivity index (χ1n) is 10.7. The van der Waals surface area contributed by atoms with Crippen molar-refractivity contribution in [3.8, 4) is 5.75 Å². The fourth-order valence-electron chi connectivity index (χ4n) is 4.50. The second-order valence-electron chi connectivity index (χ2n) is 8.48. The summed E-state index contributed by atoms with van der Waals surface area (Å²) in [4.78, 5) is 5.02. The molecule has 0 aromatic heterocycles. The molecular weight excluding hydrogens is 466 g/mol. The van der Waals surface area contributed by atoms with Gasteiger partial charge in [0.2, 0.25) is 0 Å². The lowest BCUT2D eigenvalue weighted by molar-refractivity contribution is -0.274. The molecule has 180 valence electrons. The van der Waals surface area contributed by atoms with Crippen LogP contribution >= 0.6 is 11.9 Å². The molecule has 2 heterocycles. The van der Waals surface area contributed by atoms with E-state index in [4.69, 9.17) is 5.14 Å². The molecule has 4 rings (SSSR count). The predicted molar refractivity (Wildman–Crippen MR) is 127 cm³/mol. The Morgan fingerprint density at radius 2 is 1.62 bits per heavy atom. The third kappa shape index (κ3) is 5.59. The predicted octanol–water partition coefficient (Wildman–Crippen LogP) is 5.75. The van der Waals surface area contributed by atoms with Crippen LogP contribution in [0.1, 0.15) is 11.1 Å². The Morgan fingerprint density at radius 1 is 1.00 bits per heavy atom. The van der Waals surface area contributed by atoms with E-state index in [1.54, 1.807) is 24.3 Å². The van der Waals surface area contributed by atoms with Gasteiger partial charge in [0.25, 0.3) is 0 Å². The van der Waals surface area contributed by atoms with Gasteiger partial charge in [0, 0.05) is 59.9 Å². The Labute approximate surface area is 200 Å². The van der Waals surface area contributed by atoms with Crippen molar-refractivity contribution in [3.63, 3.8) is 0 Å². The third-order valence-electron chi connectivity index (χ3n) is 6.24.